The van der Waals surface area contributed by atoms with Crippen LogP contribution in [0.15, 0.2) is 24.3 Å². The van der Waals surface area contributed by atoms with Crippen LogP contribution in [0.5, 0.6) is 0 Å². The standard InChI is InChI=1S/C13H16N2O2/c1-2-3-4-12(9-14)15-11-7-5-10(6-8-11)13(16)17/h5-8,12,15H,2-4H2,1H3,(H,16,17). The summed E-state index contributed by atoms with van der Waals surface area (Å²) in [7, 11) is 0. The van der Waals surface area contributed by atoms with Crippen molar-refractivity contribution in [3.8, 4) is 6.07 Å². The lowest BCUT2D eigenvalue weighted by Crippen LogP contribution is -2.16. The monoisotopic (exact) mass is 232 g/mol. The van der Waals surface area contributed by atoms with Crippen LogP contribution in [0.1, 0.15) is 36.5 Å². The average Bonchev–Trinajstić information content (AvgIpc) is 2.35. The molecule has 0 bridgehead atoms. The number of hydrogen-bond donors (Lipinski definition) is 2. The molecule has 1 aromatic carbocycles. The van der Waals surface area contributed by atoms with E-state index in [1.54, 1.807) is 12.1 Å². The SMILES string of the molecule is CCCCC(C#N)Nc1ccc(C(=O)O)cc1. The molecule has 0 aromatic heterocycles. The van der Waals surface area contributed by atoms with Crippen molar-refractivity contribution in [1.82, 2.24) is 0 Å². The number of hydrogen-bond acceptors (Lipinski definition) is 3. The number of carboxylic acids is 1. The maximum Gasteiger partial charge on any atom is 0.335 e. The summed E-state index contributed by atoms with van der Waals surface area (Å²) in [6, 6.07) is 8.39. The molecule has 1 atom stereocenters. The zero-order chi connectivity index (χ0) is 12.7. The summed E-state index contributed by atoms with van der Waals surface area (Å²) >= 11 is 0. The van der Waals surface area contributed by atoms with Gasteiger partial charge >= 0.3 is 5.97 Å². The largest absolute Gasteiger partial charge is 0.478 e. The van der Waals surface area contributed by atoms with Gasteiger partial charge < -0.3 is 10.4 Å². The van der Waals surface area contributed by atoms with Gasteiger partial charge in [-0.05, 0) is 30.7 Å². The van der Waals surface area contributed by atoms with Crippen LogP contribution >= 0.6 is 0 Å². The number of nitrogens with zero attached hydrogens (tertiary/aromatic N) is 1. The van der Waals surface area contributed by atoms with Crippen LogP contribution < -0.4 is 5.32 Å². The van der Waals surface area contributed by atoms with Crippen LogP contribution in [0.2, 0.25) is 0 Å². The summed E-state index contributed by atoms with van der Waals surface area (Å²) in [5, 5.41) is 20.8. The molecule has 1 aromatic rings. The first kappa shape index (κ1) is 13.0. The highest BCUT2D eigenvalue weighted by atomic mass is 16.4. The third-order valence-corrected chi connectivity index (χ3v) is 2.47. The Labute approximate surface area is 101 Å². The van der Waals surface area contributed by atoms with Gasteiger partial charge in [-0.1, -0.05) is 19.8 Å². The second-order valence-corrected chi connectivity index (χ2v) is 3.85. The molecule has 0 aliphatic rings. The molecule has 0 fully saturated rings. The molecule has 0 amide bonds. The van der Waals surface area contributed by atoms with Crippen molar-refractivity contribution in [1.29, 1.82) is 5.26 Å². The molecular formula is C13H16N2O2. The van der Waals surface area contributed by atoms with E-state index in [0.717, 1.165) is 24.9 Å². The van der Waals surface area contributed by atoms with E-state index < -0.39 is 5.97 Å². The topological polar surface area (TPSA) is 73.1 Å². The summed E-state index contributed by atoms with van der Waals surface area (Å²) in [5.41, 5.74) is 1.02. The Kier molecular flexibility index (Phi) is 5.02. The Bertz CT molecular complexity index is 406. The van der Waals surface area contributed by atoms with E-state index in [-0.39, 0.29) is 11.6 Å². The number of aromatic carboxylic acids is 1. The van der Waals surface area contributed by atoms with Gasteiger partial charge in [0.1, 0.15) is 6.04 Å². The highest BCUT2D eigenvalue weighted by Gasteiger charge is 2.07. The van der Waals surface area contributed by atoms with Crippen molar-refractivity contribution in [3.63, 3.8) is 0 Å². The molecule has 2 N–H and O–H groups in total. The van der Waals surface area contributed by atoms with Crippen LogP contribution in [0.4, 0.5) is 5.69 Å². The highest BCUT2D eigenvalue weighted by molar-refractivity contribution is 5.88. The van der Waals surface area contributed by atoms with Crippen molar-refractivity contribution < 1.29 is 9.90 Å². The second kappa shape index (κ2) is 6.54. The highest BCUT2D eigenvalue weighted by Crippen LogP contribution is 2.13. The fraction of sp³-hybridized carbons (Fsp3) is 0.385. The number of rotatable bonds is 6. The van der Waals surface area contributed by atoms with Crippen molar-refractivity contribution in [2.24, 2.45) is 0 Å². The minimum absolute atomic E-state index is 0.217. The number of carboxylic acid groups (broad SMARTS) is 1. The van der Waals surface area contributed by atoms with E-state index in [9.17, 15) is 4.79 Å². The zero-order valence-corrected chi connectivity index (χ0v) is 9.81. The minimum atomic E-state index is -0.945. The first-order valence-corrected chi connectivity index (χ1v) is 5.67. The number of benzene rings is 1. The van der Waals surface area contributed by atoms with Gasteiger partial charge in [-0.2, -0.15) is 5.26 Å². The second-order valence-electron chi connectivity index (χ2n) is 3.85. The quantitative estimate of drug-likeness (QED) is 0.791. The molecule has 1 rings (SSSR count). The first-order valence-electron chi connectivity index (χ1n) is 5.67. The maximum atomic E-state index is 10.7. The smallest absolute Gasteiger partial charge is 0.335 e. The van der Waals surface area contributed by atoms with Crippen molar-refractivity contribution in [3.05, 3.63) is 29.8 Å². The van der Waals surface area contributed by atoms with Crippen LogP contribution in [0.25, 0.3) is 0 Å². The molecule has 0 aliphatic carbocycles. The Morgan fingerprint density at radius 1 is 1.47 bits per heavy atom. The van der Waals surface area contributed by atoms with E-state index in [1.807, 2.05) is 0 Å². The Hall–Kier alpha value is -2.02. The molecular weight excluding hydrogens is 216 g/mol. The van der Waals surface area contributed by atoms with Gasteiger partial charge in [0.15, 0.2) is 0 Å². The van der Waals surface area contributed by atoms with Crippen molar-refractivity contribution in [2.45, 2.75) is 32.2 Å². The predicted molar refractivity (Wildman–Crippen MR) is 66.0 cm³/mol. The molecule has 0 heterocycles. The van der Waals surface area contributed by atoms with Crippen LogP contribution in [-0.4, -0.2) is 17.1 Å². The zero-order valence-electron chi connectivity index (χ0n) is 9.81. The van der Waals surface area contributed by atoms with E-state index in [4.69, 9.17) is 10.4 Å². The molecule has 4 nitrogen and oxygen atoms in total. The molecule has 1 unspecified atom stereocenters. The normalized spacial score (nSPS) is 11.5. The third-order valence-electron chi connectivity index (χ3n) is 2.47. The van der Waals surface area contributed by atoms with Crippen molar-refractivity contribution in [2.75, 3.05) is 5.32 Å². The number of nitriles is 1. The van der Waals surface area contributed by atoms with Crippen LogP contribution in [0, 0.1) is 11.3 Å². The van der Waals surface area contributed by atoms with Crippen LogP contribution in [-0.2, 0) is 0 Å². The molecule has 90 valence electrons. The van der Waals surface area contributed by atoms with Gasteiger partial charge in [-0.3, -0.25) is 0 Å². The first-order chi connectivity index (χ1) is 8.17. The lowest BCUT2D eigenvalue weighted by atomic mass is 10.1. The third kappa shape index (κ3) is 4.15. The molecule has 4 heteroatoms. The van der Waals surface area contributed by atoms with Gasteiger partial charge in [0.2, 0.25) is 0 Å². The fourth-order valence-electron chi connectivity index (χ4n) is 1.49. The lowest BCUT2D eigenvalue weighted by molar-refractivity contribution is 0.0697. The number of carbonyl (C=O) groups is 1. The summed E-state index contributed by atoms with van der Waals surface area (Å²) in [6.07, 6.45) is 2.85. The van der Waals surface area contributed by atoms with Gasteiger partial charge in [0.05, 0.1) is 11.6 Å². The van der Waals surface area contributed by atoms with Gasteiger partial charge in [0, 0.05) is 5.69 Å². The number of unbranched alkanes of at least 4 members (excludes halogenated alkanes) is 1. The lowest BCUT2D eigenvalue weighted by Gasteiger charge is -2.12. The van der Waals surface area contributed by atoms with E-state index >= 15 is 0 Å². The molecule has 0 saturated carbocycles. The van der Waals surface area contributed by atoms with E-state index in [1.165, 1.54) is 12.1 Å². The summed E-state index contributed by atoms with van der Waals surface area (Å²) < 4.78 is 0. The molecule has 0 spiro atoms. The Morgan fingerprint density at radius 3 is 2.59 bits per heavy atom. The average molecular weight is 232 g/mol. The number of nitrogens with one attached hydrogen (secondary N) is 1. The fourth-order valence-corrected chi connectivity index (χ4v) is 1.49. The summed E-state index contributed by atoms with van der Waals surface area (Å²) in [4.78, 5) is 10.7. The summed E-state index contributed by atoms with van der Waals surface area (Å²) in [5.74, 6) is -0.945. The predicted octanol–water partition coefficient (Wildman–Crippen LogP) is 2.88. The van der Waals surface area contributed by atoms with E-state index in [0.29, 0.717) is 0 Å². The maximum absolute atomic E-state index is 10.7. The van der Waals surface area contributed by atoms with Gasteiger partial charge in [0.25, 0.3) is 0 Å². The summed E-state index contributed by atoms with van der Waals surface area (Å²) in [6.45, 7) is 2.08. The minimum Gasteiger partial charge on any atom is -0.478 e. The van der Waals surface area contributed by atoms with Crippen LogP contribution in [0.3, 0.4) is 0 Å². The van der Waals surface area contributed by atoms with Gasteiger partial charge in [-0.25, -0.2) is 4.79 Å². The molecule has 0 saturated heterocycles. The molecule has 0 aliphatic heterocycles. The molecule has 17 heavy (non-hydrogen) atoms. The molecule has 0 radical (unpaired) electrons. The van der Waals surface area contributed by atoms with Crippen molar-refractivity contribution >= 4 is 11.7 Å². The van der Waals surface area contributed by atoms with E-state index in [2.05, 4.69) is 18.3 Å². The Balaban J connectivity index is 2.61. The Morgan fingerprint density at radius 2 is 2.12 bits per heavy atom. The number of anilines is 1. The van der Waals surface area contributed by atoms with Gasteiger partial charge in [-0.15, -0.1) is 0 Å².